The van der Waals surface area contributed by atoms with Gasteiger partial charge >= 0.3 is 0 Å². The molecule has 0 fully saturated rings. The minimum absolute atomic E-state index is 0.0199. The largest absolute Gasteiger partial charge is 0.288 e. The van der Waals surface area contributed by atoms with E-state index in [4.69, 9.17) is 14.3 Å². The second-order valence-electron chi connectivity index (χ2n) is 1.47. The Morgan fingerprint density at radius 3 is 3.11 bits per heavy atom. The highest BCUT2D eigenvalue weighted by molar-refractivity contribution is 6.30. The molecule has 0 spiro atoms. The zero-order chi connectivity index (χ0) is 8.43. The molecule has 0 saturated carbocycles. The van der Waals surface area contributed by atoms with Crippen LogP contribution in [0.1, 0.15) is 2.74 Å². The second-order valence-corrected chi connectivity index (χ2v) is 1.87. The maximum atomic E-state index is 10.9. The Morgan fingerprint density at radius 1 is 1.56 bits per heavy atom. The highest BCUT2D eigenvalue weighted by Crippen LogP contribution is 1.95. The van der Waals surface area contributed by atoms with Crippen LogP contribution in [-0.4, -0.2) is 0 Å². The fourth-order valence-corrected chi connectivity index (χ4v) is 0.539. The molecule has 1 nitrogen and oxygen atoms in total. The van der Waals surface area contributed by atoms with Gasteiger partial charge in [-0.25, -0.2) is 0 Å². The molecular formula is C7H5ClO. The topological polar surface area (TPSA) is 17.1 Å². The van der Waals surface area contributed by atoms with Gasteiger partial charge in [0.05, 0.1) is 7.76 Å². The van der Waals surface area contributed by atoms with Crippen molar-refractivity contribution >= 4 is 11.6 Å². The lowest BCUT2D eigenvalue weighted by molar-refractivity contribution is 1.67. The third-order valence-corrected chi connectivity index (χ3v) is 1.13. The van der Waals surface area contributed by atoms with Crippen LogP contribution in [0, 0.1) is 0 Å². The Kier molecular flexibility index (Phi) is 1.20. The number of halogens is 1. The van der Waals surface area contributed by atoms with E-state index < -0.39 is 5.43 Å². The Labute approximate surface area is 60.7 Å². The molecule has 2 heteroatoms. The highest BCUT2D eigenvalue weighted by atomic mass is 35.5. The van der Waals surface area contributed by atoms with Gasteiger partial charge in [-0.05, 0) is 12.1 Å². The van der Waals surface area contributed by atoms with Gasteiger partial charge in [0.2, 0.25) is 0 Å². The van der Waals surface area contributed by atoms with E-state index in [0.29, 0.717) is 0 Å². The number of rotatable bonds is 0. The van der Waals surface area contributed by atoms with Gasteiger partial charge in [-0.1, -0.05) is 29.8 Å². The van der Waals surface area contributed by atoms with Crippen molar-refractivity contribution in [1.29, 1.82) is 0 Å². The van der Waals surface area contributed by atoms with Crippen LogP contribution in [0.4, 0.5) is 0 Å². The quantitative estimate of drug-likeness (QED) is 0.539. The van der Waals surface area contributed by atoms with Crippen molar-refractivity contribution in [1.82, 2.24) is 0 Å². The monoisotopic (exact) mass is 142 g/mol. The number of hydrogen-bond donors (Lipinski definition) is 0. The first-order chi connectivity index (χ1) is 5.11. The van der Waals surface area contributed by atoms with Crippen LogP contribution in [0.3, 0.4) is 0 Å². The first kappa shape index (κ1) is 4.07. The van der Waals surface area contributed by atoms with E-state index in [0.717, 1.165) is 6.07 Å². The van der Waals surface area contributed by atoms with E-state index in [1.165, 1.54) is 12.1 Å². The summed E-state index contributed by atoms with van der Waals surface area (Å²) in [4.78, 5) is 10.9. The molecule has 0 amide bonds. The van der Waals surface area contributed by atoms with Crippen LogP contribution in [0.25, 0.3) is 0 Å². The predicted octanol–water partition coefficient (Wildman–Crippen LogP) is 1.70. The van der Waals surface area contributed by atoms with Crippen LogP contribution < -0.4 is 5.43 Å². The first-order valence-electron chi connectivity index (χ1n) is 3.38. The van der Waals surface area contributed by atoms with Gasteiger partial charge in [-0.15, -0.1) is 0 Å². The van der Waals surface area contributed by atoms with Crippen molar-refractivity contribution in [3.05, 3.63) is 45.5 Å². The maximum absolute atomic E-state index is 10.9. The van der Waals surface area contributed by atoms with E-state index >= 15 is 0 Å². The van der Waals surface area contributed by atoms with Crippen LogP contribution in [0.15, 0.2) is 35.1 Å². The third-order valence-electron chi connectivity index (χ3n) is 0.829. The van der Waals surface area contributed by atoms with Gasteiger partial charge in [0.25, 0.3) is 0 Å². The Bertz CT molecular complexity index is 338. The molecule has 1 aromatic rings. The predicted molar refractivity (Wildman–Crippen MR) is 37.7 cm³/mol. The highest BCUT2D eigenvalue weighted by Gasteiger charge is 1.85. The second kappa shape index (κ2) is 2.65. The standard InChI is InChI=1S/C7H5ClO/c8-6-4-2-1-3-5-7(6)9/h1-5H/i1D,5D. The molecule has 1 rings (SSSR count). The van der Waals surface area contributed by atoms with Gasteiger partial charge in [-0.3, -0.25) is 4.79 Å². The summed E-state index contributed by atoms with van der Waals surface area (Å²) in [6, 6.07) is 3.73. The minimum Gasteiger partial charge on any atom is -0.288 e. The molecule has 0 aliphatic rings. The van der Waals surface area contributed by atoms with Crippen molar-refractivity contribution < 1.29 is 2.74 Å². The Morgan fingerprint density at radius 2 is 2.33 bits per heavy atom. The van der Waals surface area contributed by atoms with Gasteiger partial charge in [0, 0.05) is 0 Å². The SMILES string of the molecule is [2H]c1ccc(Cl)c(=O)c([2H])c1. The van der Waals surface area contributed by atoms with E-state index in [1.807, 2.05) is 0 Å². The maximum Gasteiger partial charge on any atom is 0.197 e. The molecule has 0 aromatic heterocycles. The molecule has 0 atom stereocenters. The lowest BCUT2D eigenvalue weighted by atomic mass is 10.5. The van der Waals surface area contributed by atoms with E-state index in [-0.39, 0.29) is 17.1 Å². The van der Waals surface area contributed by atoms with Crippen LogP contribution in [0.5, 0.6) is 0 Å². The summed E-state index contributed by atoms with van der Waals surface area (Å²) < 4.78 is 14.2. The van der Waals surface area contributed by atoms with Crippen LogP contribution >= 0.6 is 11.6 Å². The fraction of sp³-hybridized carbons (Fsp3) is 0. The molecule has 1 aromatic carbocycles. The zero-order valence-electron chi connectivity index (χ0n) is 6.52. The van der Waals surface area contributed by atoms with Crippen LogP contribution in [-0.2, 0) is 0 Å². The normalized spacial score (nSPS) is 12.1. The smallest absolute Gasteiger partial charge is 0.197 e. The molecule has 0 aliphatic carbocycles. The number of hydrogen-bond acceptors (Lipinski definition) is 1. The molecule has 0 saturated heterocycles. The summed E-state index contributed by atoms with van der Waals surface area (Å²) in [5, 5.41) is -0.0199. The first-order valence-corrected chi connectivity index (χ1v) is 2.76. The molecule has 0 N–H and O–H groups in total. The zero-order valence-corrected chi connectivity index (χ0v) is 5.27. The van der Waals surface area contributed by atoms with Crippen molar-refractivity contribution in [3.63, 3.8) is 0 Å². The fourth-order valence-electron chi connectivity index (χ4n) is 0.421. The minimum atomic E-state index is -0.537. The lowest BCUT2D eigenvalue weighted by Gasteiger charge is -1.71. The van der Waals surface area contributed by atoms with Crippen molar-refractivity contribution in [3.8, 4) is 0 Å². The van der Waals surface area contributed by atoms with Gasteiger partial charge in [-0.2, -0.15) is 0 Å². The molecule has 46 valence electrons. The third kappa shape index (κ3) is 1.54. The molecule has 0 bridgehead atoms. The van der Waals surface area contributed by atoms with E-state index in [1.54, 1.807) is 0 Å². The van der Waals surface area contributed by atoms with Gasteiger partial charge in [0.1, 0.15) is 0 Å². The summed E-state index contributed by atoms with van der Waals surface area (Å²) in [5.41, 5.74) is -0.537. The van der Waals surface area contributed by atoms with E-state index in [2.05, 4.69) is 0 Å². The van der Waals surface area contributed by atoms with Crippen molar-refractivity contribution in [2.45, 2.75) is 0 Å². The van der Waals surface area contributed by atoms with Crippen molar-refractivity contribution in [2.24, 2.45) is 0 Å². The molecule has 0 unspecified atom stereocenters. The summed E-state index contributed by atoms with van der Waals surface area (Å²) in [7, 11) is 0. The van der Waals surface area contributed by atoms with E-state index in [9.17, 15) is 4.79 Å². The molecule has 0 heterocycles. The average molecular weight is 143 g/mol. The summed E-state index contributed by atoms with van der Waals surface area (Å²) in [6.45, 7) is 0. The molecule has 9 heavy (non-hydrogen) atoms. The van der Waals surface area contributed by atoms with Crippen molar-refractivity contribution in [2.75, 3.05) is 0 Å². The lowest BCUT2D eigenvalue weighted by Crippen LogP contribution is -1.92. The molecule has 0 aliphatic heterocycles. The van der Waals surface area contributed by atoms with Gasteiger partial charge < -0.3 is 0 Å². The van der Waals surface area contributed by atoms with Crippen LogP contribution in [0.2, 0.25) is 5.02 Å². The van der Waals surface area contributed by atoms with Gasteiger partial charge in [0.15, 0.2) is 5.43 Å². The Balaban J connectivity index is 3.57. The molecular weight excluding hydrogens is 136 g/mol. The summed E-state index contributed by atoms with van der Waals surface area (Å²) in [5.74, 6) is 0. The average Bonchev–Trinajstić information content (AvgIpc) is 2.05. The summed E-state index contributed by atoms with van der Waals surface area (Å²) >= 11 is 5.45. The summed E-state index contributed by atoms with van der Waals surface area (Å²) in [6.07, 6.45) is 0. The Hall–Kier alpha value is -0.820. The molecule has 0 radical (unpaired) electrons.